The van der Waals surface area contributed by atoms with Gasteiger partial charge in [0.05, 0.1) is 6.04 Å². The highest BCUT2D eigenvalue weighted by Crippen LogP contribution is 1.98. The van der Waals surface area contributed by atoms with Crippen molar-refractivity contribution in [3.05, 3.63) is 0 Å². The molecule has 0 spiro atoms. The smallest absolute Gasteiger partial charge is 0.238 e. The molecule has 4 nitrogen and oxygen atoms in total. The van der Waals surface area contributed by atoms with Gasteiger partial charge in [-0.15, -0.1) is 0 Å². The third kappa shape index (κ3) is 5.89. The van der Waals surface area contributed by atoms with Gasteiger partial charge in [-0.2, -0.15) is 0 Å². The van der Waals surface area contributed by atoms with Crippen LogP contribution in [0.15, 0.2) is 0 Å². The minimum absolute atomic E-state index is 0.0697. The van der Waals surface area contributed by atoms with Crippen molar-refractivity contribution >= 4 is 16.7 Å². The van der Waals surface area contributed by atoms with E-state index in [1.54, 1.807) is 25.3 Å². The van der Waals surface area contributed by atoms with Gasteiger partial charge in [0.25, 0.3) is 0 Å². The largest absolute Gasteiger partial charge is 0.347 e. The molecule has 0 saturated carbocycles. The number of nitrogens with one attached hydrogen (secondary N) is 1. The molecule has 5 heteroatoms. The van der Waals surface area contributed by atoms with Gasteiger partial charge in [-0.05, 0) is 19.9 Å². The Morgan fingerprint density at radius 2 is 1.93 bits per heavy atom. The topological polar surface area (TPSA) is 49.4 Å². The second-order valence-electron chi connectivity index (χ2n) is 4.01. The molecule has 15 heavy (non-hydrogen) atoms. The summed E-state index contributed by atoms with van der Waals surface area (Å²) in [6.07, 6.45) is 2.53. The average molecular weight is 234 g/mol. The second-order valence-corrected chi connectivity index (χ2v) is 5.81. The van der Waals surface area contributed by atoms with Crippen LogP contribution in [-0.2, 0) is 15.6 Å². The van der Waals surface area contributed by atoms with Gasteiger partial charge in [-0.3, -0.25) is 9.00 Å². The predicted molar refractivity (Wildman–Crippen MR) is 64.3 cm³/mol. The molecule has 1 amide bonds. The zero-order chi connectivity index (χ0) is 12.0. The molecule has 0 bridgehead atoms. The average Bonchev–Trinajstić information content (AvgIpc) is 2.15. The van der Waals surface area contributed by atoms with Crippen molar-refractivity contribution in [1.82, 2.24) is 10.2 Å². The molecular formula is C10H22N2O2S. The standard InChI is InChI=1S/C10H22N2O2S/c1-8(15(5)14)6-7-11-9(2)10(13)12(3)4/h8-9,11H,6-7H2,1-5H3. The highest BCUT2D eigenvalue weighted by Gasteiger charge is 2.14. The summed E-state index contributed by atoms with van der Waals surface area (Å²) < 4.78 is 11.1. The van der Waals surface area contributed by atoms with Crippen LogP contribution in [0.1, 0.15) is 20.3 Å². The van der Waals surface area contributed by atoms with Crippen molar-refractivity contribution in [3.8, 4) is 0 Å². The summed E-state index contributed by atoms with van der Waals surface area (Å²) in [4.78, 5) is 13.0. The normalized spacial score (nSPS) is 16.9. The number of rotatable bonds is 6. The third-order valence-corrected chi connectivity index (χ3v) is 3.75. The fourth-order valence-corrected chi connectivity index (χ4v) is 1.59. The number of hydrogen-bond donors (Lipinski definition) is 1. The first-order valence-electron chi connectivity index (χ1n) is 5.13. The zero-order valence-corrected chi connectivity index (χ0v) is 11.1. The Morgan fingerprint density at radius 1 is 1.40 bits per heavy atom. The van der Waals surface area contributed by atoms with Gasteiger partial charge in [0.2, 0.25) is 5.91 Å². The Bertz CT molecular complexity index is 231. The summed E-state index contributed by atoms with van der Waals surface area (Å²) in [5, 5.41) is 3.30. The number of likely N-dealkylation sites (N-methyl/N-ethyl adjacent to an activating group) is 1. The van der Waals surface area contributed by atoms with Gasteiger partial charge in [-0.25, -0.2) is 0 Å². The van der Waals surface area contributed by atoms with Crippen LogP contribution in [0.25, 0.3) is 0 Å². The second kappa shape index (κ2) is 6.95. The number of nitrogens with zero attached hydrogens (tertiary/aromatic N) is 1. The fraction of sp³-hybridized carbons (Fsp3) is 0.900. The maximum absolute atomic E-state index is 11.5. The maximum Gasteiger partial charge on any atom is 0.238 e. The van der Waals surface area contributed by atoms with E-state index in [1.165, 1.54) is 0 Å². The van der Waals surface area contributed by atoms with Crippen LogP contribution in [0.3, 0.4) is 0 Å². The van der Waals surface area contributed by atoms with Crippen LogP contribution in [0.5, 0.6) is 0 Å². The lowest BCUT2D eigenvalue weighted by molar-refractivity contribution is -0.130. The van der Waals surface area contributed by atoms with Crippen LogP contribution < -0.4 is 5.32 Å². The summed E-state index contributed by atoms with van der Waals surface area (Å²) in [7, 11) is 2.70. The van der Waals surface area contributed by atoms with Crippen molar-refractivity contribution in [2.75, 3.05) is 26.9 Å². The van der Waals surface area contributed by atoms with Crippen molar-refractivity contribution in [1.29, 1.82) is 0 Å². The Balaban J connectivity index is 3.77. The van der Waals surface area contributed by atoms with Gasteiger partial charge in [0, 0.05) is 36.4 Å². The molecular weight excluding hydrogens is 212 g/mol. The van der Waals surface area contributed by atoms with Crippen molar-refractivity contribution in [2.45, 2.75) is 31.6 Å². The monoisotopic (exact) mass is 234 g/mol. The fourth-order valence-electron chi connectivity index (χ4n) is 1.14. The minimum atomic E-state index is -0.780. The van der Waals surface area contributed by atoms with E-state index in [-0.39, 0.29) is 17.2 Å². The van der Waals surface area contributed by atoms with Gasteiger partial charge in [-0.1, -0.05) is 6.92 Å². The SMILES string of the molecule is CC(NCCC(C)S(C)=O)C(=O)N(C)C. The van der Waals surface area contributed by atoms with E-state index in [0.29, 0.717) is 0 Å². The summed E-state index contributed by atoms with van der Waals surface area (Å²) >= 11 is 0. The lowest BCUT2D eigenvalue weighted by atomic mass is 10.2. The summed E-state index contributed by atoms with van der Waals surface area (Å²) in [5.74, 6) is 0.0697. The first kappa shape index (κ1) is 14.6. The van der Waals surface area contributed by atoms with Crippen LogP contribution in [0.2, 0.25) is 0 Å². The molecule has 0 heterocycles. The first-order valence-corrected chi connectivity index (χ1v) is 6.75. The summed E-state index contributed by atoms with van der Waals surface area (Å²) in [5.41, 5.74) is 0. The van der Waals surface area contributed by atoms with Crippen LogP contribution >= 0.6 is 0 Å². The minimum Gasteiger partial charge on any atom is -0.347 e. The zero-order valence-electron chi connectivity index (χ0n) is 10.2. The lowest BCUT2D eigenvalue weighted by Crippen LogP contribution is -2.42. The highest BCUT2D eigenvalue weighted by molar-refractivity contribution is 7.84. The Morgan fingerprint density at radius 3 is 2.33 bits per heavy atom. The molecule has 0 saturated heterocycles. The van der Waals surface area contributed by atoms with Gasteiger partial charge in [0.15, 0.2) is 0 Å². The predicted octanol–water partition coefficient (Wildman–Crippen LogP) is 0.210. The molecule has 0 aromatic heterocycles. The maximum atomic E-state index is 11.5. The van der Waals surface area contributed by atoms with E-state index in [2.05, 4.69) is 5.32 Å². The Kier molecular flexibility index (Phi) is 6.76. The highest BCUT2D eigenvalue weighted by atomic mass is 32.2. The Labute approximate surface area is 94.9 Å². The molecule has 0 aromatic carbocycles. The molecule has 0 radical (unpaired) electrons. The number of carbonyl (C=O) groups is 1. The molecule has 0 fully saturated rings. The van der Waals surface area contributed by atoms with E-state index in [1.807, 2.05) is 13.8 Å². The van der Waals surface area contributed by atoms with Crippen LogP contribution in [0.4, 0.5) is 0 Å². The van der Waals surface area contributed by atoms with Gasteiger partial charge in [0.1, 0.15) is 0 Å². The molecule has 3 unspecified atom stereocenters. The molecule has 1 N–H and O–H groups in total. The van der Waals surface area contributed by atoms with Crippen molar-refractivity contribution in [3.63, 3.8) is 0 Å². The molecule has 0 aliphatic rings. The van der Waals surface area contributed by atoms with E-state index in [0.717, 1.165) is 13.0 Å². The quantitative estimate of drug-likeness (QED) is 0.715. The summed E-state index contributed by atoms with van der Waals surface area (Å²) in [6, 6.07) is -0.169. The van der Waals surface area contributed by atoms with Gasteiger partial charge >= 0.3 is 0 Å². The molecule has 0 aliphatic carbocycles. The lowest BCUT2D eigenvalue weighted by Gasteiger charge is -2.18. The molecule has 90 valence electrons. The number of amides is 1. The number of hydrogen-bond acceptors (Lipinski definition) is 3. The number of carbonyl (C=O) groups excluding carboxylic acids is 1. The molecule has 0 rings (SSSR count). The van der Waals surface area contributed by atoms with Crippen molar-refractivity contribution in [2.24, 2.45) is 0 Å². The Hall–Kier alpha value is -0.420. The van der Waals surface area contributed by atoms with E-state index >= 15 is 0 Å². The third-order valence-electron chi connectivity index (χ3n) is 2.38. The molecule has 3 atom stereocenters. The molecule has 0 aromatic rings. The van der Waals surface area contributed by atoms with Crippen LogP contribution in [-0.4, -0.2) is 53.2 Å². The van der Waals surface area contributed by atoms with Crippen molar-refractivity contribution < 1.29 is 9.00 Å². The summed E-state index contributed by atoms with van der Waals surface area (Å²) in [6.45, 7) is 4.52. The van der Waals surface area contributed by atoms with E-state index in [4.69, 9.17) is 0 Å². The first-order chi connectivity index (χ1) is 6.86. The van der Waals surface area contributed by atoms with Crippen LogP contribution in [0, 0.1) is 0 Å². The molecule has 0 aliphatic heterocycles. The van der Waals surface area contributed by atoms with E-state index < -0.39 is 10.8 Å². The van der Waals surface area contributed by atoms with Gasteiger partial charge < -0.3 is 10.2 Å². The van der Waals surface area contributed by atoms with E-state index in [9.17, 15) is 9.00 Å².